The zero-order chi connectivity index (χ0) is 28.0. The van der Waals surface area contributed by atoms with Crippen LogP contribution in [0.15, 0.2) is 42.5 Å². The summed E-state index contributed by atoms with van der Waals surface area (Å²) in [5.74, 6) is 1.46. The summed E-state index contributed by atoms with van der Waals surface area (Å²) in [5, 5.41) is 0. The van der Waals surface area contributed by atoms with Gasteiger partial charge in [-0.15, -0.1) is 0 Å². The molecule has 2 aromatic rings. The molecule has 6 heteroatoms. The predicted octanol–water partition coefficient (Wildman–Crippen LogP) is 7.38. The molecule has 0 saturated carbocycles. The van der Waals surface area contributed by atoms with E-state index < -0.39 is 5.41 Å². The Balaban J connectivity index is 2.23. The summed E-state index contributed by atoms with van der Waals surface area (Å²) in [6.07, 6.45) is 3.31. The van der Waals surface area contributed by atoms with E-state index in [0.29, 0.717) is 17.1 Å². The summed E-state index contributed by atoms with van der Waals surface area (Å²) < 4.78 is 22.8. The second kappa shape index (κ2) is 12.3. The van der Waals surface area contributed by atoms with Crippen molar-refractivity contribution in [2.75, 3.05) is 6.79 Å². The topological polar surface area (TPSA) is 71.1 Å². The van der Waals surface area contributed by atoms with Gasteiger partial charge in [-0.25, -0.2) is 0 Å². The summed E-state index contributed by atoms with van der Waals surface area (Å²) in [7, 11) is 0. The van der Waals surface area contributed by atoms with Gasteiger partial charge in [0.25, 0.3) is 0 Å². The quantitative estimate of drug-likeness (QED) is 0.144. The van der Waals surface area contributed by atoms with Gasteiger partial charge >= 0.3 is 5.97 Å². The number of benzene rings is 2. The van der Waals surface area contributed by atoms with Crippen molar-refractivity contribution < 1.29 is 28.5 Å². The zero-order valence-corrected chi connectivity index (χ0v) is 23.9. The lowest BCUT2D eigenvalue weighted by Gasteiger charge is -2.26. The van der Waals surface area contributed by atoms with Crippen LogP contribution in [0, 0.1) is 5.41 Å². The summed E-state index contributed by atoms with van der Waals surface area (Å²) in [4.78, 5) is 24.7. The fourth-order valence-corrected chi connectivity index (χ4v) is 3.35. The van der Waals surface area contributed by atoms with E-state index >= 15 is 0 Å². The second-order valence-corrected chi connectivity index (χ2v) is 11.6. The van der Waals surface area contributed by atoms with Crippen molar-refractivity contribution in [1.29, 1.82) is 0 Å². The van der Waals surface area contributed by atoms with Gasteiger partial charge in [-0.2, -0.15) is 0 Å². The third-order valence-electron chi connectivity index (χ3n) is 5.23. The van der Waals surface area contributed by atoms with Gasteiger partial charge in [-0.3, -0.25) is 9.59 Å². The highest BCUT2D eigenvalue weighted by molar-refractivity contribution is 6.07. The van der Waals surface area contributed by atoms with Crippen LogP contribution >= 0.6 is 0 Å². The Morgan fingerprint density at radius 1 is 0.838 bits per heavy atom. The van der Waals surface area contributed by atoms with E-state index in [1.54, 1.807) is 57.2 Å². The molecule has 0 aromatic heterocycles. The molecule has 2 aromatic carbocycles. The van der Waals surface area contributed by atoms with E-state index in [0.717, 1.165) is 16.9 Å². The molecule has 0 aliphatic heterocycles. The fourth-order valence-electron chi connectivity index (χ4n) is 3.35. The first kappa shape index (κ1) is 29.9. The first-order chi connectivity index (χ1) is 17.1. The smallest absolute Gasteiger partial charge is 0.314 e. The molecule has 0 unspecified atom stereocenters. The van der Waals surface area contributed by atoms with Gasteiger partial charge in [0.2, 0.25) is 6.79 Å². The Bertz CT molecular complexity index is 1100. The molecule has 6 nitrogen and oxygen atoms in total. The molecule has 0 radical (unpaired) electrons. The Hall–Kier alpha value is -3.28. The Labute approximate surface area is 222 Å². The Kier molecular flexibility index (Phi) is 9.96. The third-order valence-corrected chi connectivity index (χ3v) is 5.23. The highest BCUT2D eigenvalue weighted by atomic mass is 16.7. The molecule has 0 aliphatic rings. The average molecular weight is 511 g/mol. The largest absolute Gasteiger partial charge is 0.491 e. The SMILES string of the molecule is CC(C)Oc1cc(OC(C)C)c(C(C)(C)C)cc1/C=C/C(=O)c1ccc(OCOC(=O)C(C)(C)C)cc1. The van der Waals surface area contributed by atoms with Crippen molar-refractivity contribution in [3.8, 4) is 17.2 Å². The van der Waals surface area contributed by atoms with Crippen LogP contribution in [0.4, 0.5) is 0 Å². The highest BCUT2D eigenvalue weighted by Gasteiger charge is 2.24. The minimum Gasteiger partial charge on any atom is -0.491 e. The number of ketones is 1. The standard InChI is InChI=1S/C31H42O6/c1-20(2)36-27-18-28(37-21(3)4)25(30(5,6)7)17-23(27)13-16-26(32)22-11-14-24(15-12-22)34-19-35-29(33)31(8,9)10/h11-18,20-21H,19H2,1-10H3/b16-13+. The summed E-state index contributed by atoms with van der Waals surface area (Å²) in [6, 6.07) is 10.7. The normalized spacial score (nSPS) is 12.2. The molecule has 0 N–H and O–H groups in total. The van der Waals surface area contributed by atoms with Gasteiger partial charge < -0.3 is 18.9 Å². The number of carbonyl (C=O) groups is 2. The maximum absolute atomic E-state index is 12.9. The van der Waals surface area contributed by atoms with Gasteiger partial charge in [0.15, 0.2) is 5.78 Å². The van der Waals surface area contributed by atoms with Crippen LogP contribution in [0.3, 0.4) is 0 Å². The minimum absolute atomic E-state index is 0.0217. The highest BCUT2D eigenvalue weighted by Crippen LogP contribution is 2.38. The maximum atomic E-state index is 12.9. The Morgan fingerprint density at radius 3 is 1.92 bits per heavy atom. The van der Waals surface area contributed by atoms with Crippen LogP contribution in [0.25, 0.3) is 6.08 Å². The first-order valence-electron chi connectivity index (χ1n) is 12.7. The number of carbonyl (C=O) groups excluding carboxylic acids is 2. The molecule has 37 heavy (non-hydrogen) atoms. The van der Waals surface area contributed by atoms with Crippen LogP contribution in [-0.4, -0.2) is 30.8 Å². The van der Waals surface area contributed by atoms with Crippen LogP contribution in [0.5, 0.6) is 17.2 Å². The molecule has 0 aliphatic carbocycles. The maximum Gasteiger partial charge on any atom is 0.314 e. The third kappa shape index (κ3) is 9.27. The first-order valence-corrected chi connectivity index (χ1v) is 12.7. The van der Waals surface area contributed by atoms with Crippen molar-refractivity contribution in [3.63, 3.8) is 0 Å². The van der Waals surface area contributed by atoms with Crippen molar-refractivity contribution in [3.05, 3.63) is 59.2 Å². The van der Waals surface area contributed by atoms with Gasteiger partial charge in [-0.1, -0.05) is 20.8 Å². The average Bonchev–Trinajstić information content (AvgIpc) is 2.76. The number of ether oxygens (including phenoxy) is 4. The van der Waals surface area contributed by atoms with E-state index in [9.17, 15) is 9.59 Å². The lowest BCUT2D eigenvalue weighted by atomic mass is 9.85. The van der Waals surface area contributed by atoms with Gasteiger partial charge in [0, 0.05) is 22.8 Å². The number of esters is 1. The zero-order valence-electron chi connectivity index (χ0n) is 23.9. The van der Waals surface area contributed by atoms with Gasteiger partial charge in [0.1, 0.15) is 17.2 Å². The summed E-state index contributed by atoms with van der Waals surface area (Å²) in [5.41, 5.74) is 1.60. The minimum atomic E-state index is -0.596. The molecule has 202 valence electrons. The molecule has 0 atom stereocenters. The molecule has 0 bridgehead atoms. The van der Waals surface area contributed by atoms with Gasteiger partial charge in [-0.05, 0) is 96.4 Å². The van der Waals surface area contributed by atoms with Crippen LogP contribution in [0.2, 0.25) is 0 Å². The number of rotatable bonds is 10. The fraction of sp³-hybridized carbons (Fsp3) is 0.484. The number of hydrogen-bond donors (Lipinski definition) is 0. The van der Waals surface area contributed by atoms with Crippen molar-refractivity contribution >= 4 is 17.8 Å². The predicted molar refractivity (Wildman–Crippen MR) is 148 cm³/mol. The van der Waals surface area contributed by atoms with Gasteiger partial charge in [0.05, 0.1) is 17.6 Å². The molecule has 0 amide bonds. The molecule has 0 spiro atoms. The molecule has 0 fully saturated rings. The van der Waals surface area contributed by atoms with E-state index in [1.165, 1.54) is 0 Å². The number of hydrogen-bond acceptors (Lipinski definition) is 6. The van der Waals surface area contributed by atoms with Crippen LogP contribution in [0.1, 0.15) is 90.7 Å². The van der Waals surface area contributed by atoms with Crippen molar-refractivity contribution in [2.24, 2.45) is 5.41 Å². The molecule has 0 heterocycles. The molecular formula is C31H42O6. The summed E-state index contributed by atoms with van der Waals surface area (Å²) in [6.45, 7) is 19.5. The molecular weight excluding hydrogens is 468 g/mol. The van der Waals surface area contributed by atoms with E-state index in [-0.39, 0.29) is 36.2 Å². The summed E-state index contributed by atoms with van der Waals surface area (Å²) >= 11 is 0. The van der Waals surface area contributed by atoms with E-state index in [1.807, 2.05) is 39.8 Å². The lowest BCUT2D eigenvalue weighted by molar-refractivity contribution is -0.159. The molecule has 0 saturated heterocycles. The second-order valence-electron chi connectivity index (χ2n) is 11.6. The van der Waals surface area contributed by atoms with E-state index in [4.69, 9.17) is 18.9 Å². The monoisotopic (exact) mass is 510 g/mol. The number of allylic oxidation sites excluding steroid dienone is 1. The van der Waals surface area contributed by atoms with E-state index in [2.05, 4.69) is 20.8 Å². The molecule has 2 rings (SSSR count). The Morgan fingerprint density at radius 2 is 1.41 bits per heavy atom. The van der Waals surface area contributed by atoms with Crippen molar-refractivity contribution in [2.45, 2.75) is 86.9 Å². The van der Waals surface area contributed by atoms with Crippen LogP contribution < -0.4 is 14.2 Å². The lowest BCUT2D eigenvalue weighted by Crippen LogP contribution is -2.24. The van der Waals surface area contributed by atoms with Crippen molar-refractivity contribution in [1.82, 2.24) is 0 Å². The van der Waals surface area contributed by atoms with Crippen LogP contribution in [-0.2, 0) is 14.9 Å².